The van der Waals surface area contributed by atoms with Crippen molar-refractivity contribution >= 4 is 15.8 Å². The molecule has 1 N–H and O–H groups in total. The molecule has 0 unspecified atom stereocenters. The summed E-state index contributed by atoms with van der Waals surface area (Å²) in [6.07, 6.45) is 6.04. The third-order valence-electron chi connectivity index (χ3n) is 5.77. The zero-order chi connectivity index (χ0) is 22.4. The van der Waals surface area contributed by atoms with Gasteiger partial charge in [-0.3, -0.25) is 9.52 Å². The molecule has 1 aliphatic heterocycles. The van der Waals surface area contributed by atoms with Crippen LogP contribution >= 0.6 is 0 Å². The summed E-state index contributed by atoms with van der Waals surface area (Å²) in [5, 5.41) is 0. The summed E-state index contributed by atoms with van der Waals surface area (Å²) in [5.74, 6) is 1.93. The summed E-state index contributed by atoms with van der Waals surface area (Å²) in [6.45, 7) is 2.04. The molecule has 0 radical (unpaired) electrons. The largest absolute Gasteiger partial charge is 0.494 e. The lowest BCUT2D eigenvalue weighted by Crippen LogP contribution is -2.35. The highest BCUT2D eigenvalue weighted by atomic mass is 32.2. The van der Waals surface area contributed by atoms with Crippen LogP contribution in [0.2, 0.25) is 0 Å². The third-order valence-corrected chi connectivity index (χ3v) is 7.03. The molecule has 0 saturated heterocycles. The first-order chi connectivity index (χ1) is 15.5. The molecule has 0 spiro atoms. The molecule has 4 rings (SSSR count). The summed E-state index contributed by atoms with van der Waals surface area (Å²) in [4.78, 5) is 14.1. The second-order valence-electron chi connectivity index (χ2n) is 8.39. The van der Waals surface area contributed by atoms with Gasteiger partial charge in [0.05, 0.1) is 12.4 Å². The lowest BCUT2D eigenvalue weighted by atomic mass is 10.1. The van der Waals surface area contributed by atoms with Crippen molar-refractivity contribution in [1.29, 1.82) is 0 Å². The number of carbonyl (C=O) groups excluding carboxylic acids is 1. The minimum atomic E-state index is -3.40. The van der Waals surface area contributed by atoms with Crippen molar-refractivity contribution < 1.29 is 17.9 Å². The molecule has 1 saturated carbocycles. The lowest BCUT2D eigenvalue weighted by Gasteiger charge is -2.23. The van der Waals surface area contributed by atoms with Gasteiger partial charge in [-0.15, -0.1) is 0 Å². The third kappa shape index (κ3) is 6.36. The van der Waals surface area contributed by atoms with E-state index in [0.717, 1.165) is 49.1 Å². The van der Waals surface area contributed by atoms with Crippen molar-refractivity contribution in [2.75, 3.05) is 25.4 Å². The highest BCUT2D eigenvalue weighted by Crippen LogP contribution is 2.32. The van der Waals surface area contributed by atoms with Gasteiger partial charge in [0.25, 0.3) is 0 Å². The van der Waals surface area contributed by atoms with E-state index >= 15 is 0 Å². The van der Waals surface area contributed by atoms with Crippen molar-refractivity contribution in [3.05, 3.63) is 77.6 Å². The Bertz CT molecular complexity index is 1050. The Morgan fingerprint density at radius 3 is 2.53 bits per heavy atom. The summed E-state index contributed by atoms with van der Waals surface area (Å²) >= 11 is 0. The molecule has 0 amide bonds. The van der Waals surface area contributed by atoms with E-state index in [0.29, 0.717) is 25.4 Å². The Morgan fingerprint density at radius 2 is 1.81 bits per heavy atom. The number of ketones is 1. The maximum absolute atomic E-state index is 12.5. The van der Waals surface area contributed by atoms with E-state index in [2.05, 4.69) is 9.62 Å². The smallest absolute Gasteiger partial charge is 0.234 e. The first-order valence-corrected chi connectivity index (χ1v) is 12.9. The van der Waals surface area contributed by atoms with Crippen LogP contribution in [0.5, 0.6) is 5.75 Å². The Labute approximate surface area is 190 Å². The number of rotatable bonds is 12. The second-order valence-corrected chi connectivity index (χ2v) is 10.2. The van der Waals surface area contributed by atoms with Crippen LogP contribution in [0.25, 0.3) is 0 Å². The Kier molecular flexibility index (Phi) is 7.15. The van der Waals surface area contributed by atoms with Crippen LogP contribution in [0.15, 0.2) is 66.5 Å². The number of aryl methyl sites for hydroxylation is 1. The van der Waals surface area contributed by atoms with E-state index in [9.17, 15) is 13.2 Å². The highest BCUT2D eigenvalue weighted by Gasteiger charge is 2.30. The van der Waals surface area contributed by atoms with Crippen LogP contribution in [0.1, 0.15) is 41.6 Å². The minimum Gasteiger partial charge on any atom is -0.494 e. The molecule has 1 heterocycles. The molecule has 170 valence electrons. The molecule has 0 bridgehead atoms. The van der Waals surface area contributed by atoms with Gasteiger partial charge >= 0.3 is 0 Å². The first kappa shape index (κ1) is 22.4. The van der Waals surface area contributed by atoms with E-state index < -0.39 is 10.0 Å². The predicted octanol–water partition coefficient (Wildman–Crippen LogP) is 3.76. The molecule has 0 aromatic heterocycles. The van der Waals surface area contributed by atoms with Gasteiger partial charge in [-0.2, -0.15) is 0 Å². The van der Waals surface area contributed by atoms with Crippen LogP contribution in [0, 0.1) is 5.92 Å². The van der Waals surface area contributed by atoms with E-state index in [-0.39, 0.29) is 17.5 Å². The molecule has 2 aliphatic rings. The number of benzene rings is 2. The first-order valence-electron chi connectivity index (χ1n) is 11.3. The van der Waals surface area contributed by atoms with Crippen molar-refractivity contribution in [3.8, 4) is 5.75 Å². The van der Waals surface area contributed by atoms with Crippen LogP contribution in [-0.2, 0) is 16.4 Å². The van der Waals surface area contributed by atoms with Gasteiger partial charge in [-0.1, -0.05) is 30.3 Å². The summed E-state index contributed by atoms with van der Waals surface area (Å²) in [5.41, 5.74) is 1.77. The van der Waals surface area contributed by atoms with Crippen molar-refractivity contribution in [2.24, 2.45) is 5.92 Å². The number of ether oxygens (including phenoxy) is 1. The highest BCUT2D eigenvalue weighted by molar-refractivity contribution is 7.89. The fourth-order valence-electron chi connectivity index (χ4n) is 3.79. The van der Waals surface area contributed by atoms with Crippen LogP contribution < -0.4 is 9.46 Å². The Balaban J connectivity index is 1.19. The summed E-state index contributed by atoms with van der Waals surface area (Å²) in [7, 11) is -3.40. The topological polar surface area (TPSA) is 75.7 Å². The molecule has 2 aromatic carbocycles. The molecule has 2 aromatic rings. The molecule has 1 aliphatic carbocycles. The maximum atomic E-state index is 12.5. The number of nitrogens with zero attached hydrogens (tertiary/aromatic N) is 1. The van der Waals surface area contributed by atoms with E-state index in [1.165, 1.54) is 0 Å². The van der Waals surface area contributed by atoms with Gasteiger partial charge < -0.3 is 9.64 Å². The Hall–Kier alpha value is -2.80. The molecule has 32 heavy (non-hydrogen) atoms. The average molecular weight is 455 g/mol. The molecular weight excluding hydrogens is 424 g/mol. The molecule has 7 heteroatoms. The standard InChI is InChI=1S/C25H30N2O4S/c28-25(21-9-10-21)22-11-13-23(14-12-22)31-18-5-17-27-16-4-8-24(27)26-32(29,30)19-15-20-6-2-1-3-7-20/h1-3,6-8,11-14,21,26H,4-5,9-10,15-19H2. The quantitative estimate of drug-likeness (QED) is 0.390. The van der Waals surface area contributed by atoms with Crippen molar-refractivity contribution in [2.45, 2.75) is 32.1 Å². The number of sulfonamides is 1. The zero-order valence-corrected chi connectivity index (χ0v) is 19.0. The molecule has 1 fully saturated rings. The zero-order valence-electron chi connectivity index (χ0n) is 18.2. The van der Waals surface area contributed by atoms with Crippen molar-refractivity contribution in [3.63, 3.8) is 0 Å². The second kappa shape index (κ2) is 10.2. The average Bonchev–Trinajstić information content (AvgIpc) is 3.57. The van der Waals surface area contributed by atoms with Gasteiger partial charge in [-0.25, -0.2) is 8.42 Å². The molecule has 0 atom stereocenters. The summed E-state index contributed by atoms with van der Waals surface area (Å²) < 4.78 is 33.6. The number of hydrogen-bond donors (Lipinski definition) is 1. The SMILES string of the molecule is O=C(c1ccc(OCCCN2CCC=C2NS(=O)(=O)CCc2ccccc2)cc1)C1CC1. The van der Waals surface area contributed by atoms with Gasteiger partial charge in [0.1, 0.15) is 11.6 Å². The van der Waals surface area contributed by atoms with Gasteiger partial charge in [0, 0.05) is 24.6 Å². The van der Waals surface area contributed by atoms with Gasteiger partial charge in [0.2, 0.25) is 10.0 Å². The van der Waals surface area contributed by atoms with Crippen LogP contribution in [0.4, 0.5) is 0 Å². The molecular formula is C25H30N2O4S. The Morgan fingerprint density at radius 1 is 1.06 bits per heavy atom. The maximum Gasteiger partial charge on any atom is 0.234 e. The van der Waals surface area contributed by atoms with Crippen molar-refractivity contribution in [1.82, 2.24) is 9.62 Å². The number of Topliss-reactive ketones (excluding diaryl/α,β-unsaturated/α-hetero) is 1. The van der Waals surface area contributed by atoms with Gasteiger partial charge in [0.15, 0.2) is 5.78 Å². The molecule has 6 nitrogen and oxygen atoms in total. The van der Waals surface area contributed by atoms with E-state index in [4.69, 9.17) is 4.74 Å². The number of nitrogens with one attached hydrogen (secondary N) is 1. The predicted molar refractivity (Wildman–Crippen MR) is 125 cm³/mol. The fraction of sp³-hybridized carbons (Fsp3) is 0.400. The van der Waals surface area contributed by atoms with Gasteiger partial charge in [-0.05, 0) is 68.0 Å². The number of hydrogen-bond acceptors (Lipinski definition) is 5. The van der Waals surface area contributed by atoms with Crippen LogP contribution in [0.3, 0.4) is 0 Å². The fourth-order valence-corrected chi connectivity index (χ4v) is 4.93. The lowest BCUT2D eigenvalue weighted by molar-refractivity contribution is 0.0967. The monoisotopic (exact) mass is 454 g/mol. The number of carbonyl (C=O) groups is 1. The van der Waals surface area contributed by atoms with Crippen LogP contribution in [-0.4, -0.2) is 44.6 Å². The summed E-state index contributed by atoms with van der Waals surface area (Å²) in [6, 6.07) is 17.0. The van der Waals surface area contributed by atoms with E-state index in [1.54, 1.807) is 0 Å². The normalized spacial score (nSPS) is 16.0. The minimum absolute atomic E-state index is 0.0601. The van der Waals surface area contributed by atoms with E-state index in [1.807, 2.05) is 60.7 Å².